The van der Waals surface area contributed by atoms with Crippen molar-refractivity contribution in [2.75, 3.05) is 13.7 Å². The molecule has 0 saturated heterocycles. The number of hydrogen-bond donors (Lipinski definition) is 1. The van der Waals surface area contributed by atoms with Crippen LogP contribution in [0, 0.1) is 5.82 Å². The van der Waals surface area contributed by atoms with Crippen molar-refractivity contribution in [3.8, 4) is 5.75 Å². The summed E-state index contributed by atoms with van der Waals surface area (Å²) in [6, 6.07) is 12.5. The number of halogens is 2. The van der Waals surface area contributed by atoms with Crippen molar-refractivity contribution in [3.63, 3.8) is 0 Å². The van der Waals surface area contributed by atoms with Crippen molar-refractivity contribution >= 4 is 15.9 Å². The van der Waals surface area contributed by atoms with Gasteiger partial charge in [0.15, 0.2) is 0 Å². The zero-order valence-electron chi connectivity index (χ0n) is 11.5. The van der Waals surface area contributed by atoms with Crippen LogP contribution in [0.5, 0.6) is 5.75 Å². The number of hydrogen-bond acceptors (Lipinski definition) is 2. The number of benzene rings is 2. The maximum atomic E-state index is 13.5. The van der Waals surface area contributed by atoms with Crippen molar-refractivity contribution in [1.29, 1.82) is 0 Å². The first-order chi connectivity index (χ1) is 9.65. The van der Waals surface area contributed by atoms with E-state index in [-0.39, 0.29) is 11.9 Å². The van der Waals surface area contributed by atoms with Crippen molar-refractivity contribution in [1.82, 2.24) is 5.32 Å². The van der Waals surface area contributed by atoms with Crippen LogP contribution >= 0.6 is 15.9 Å². The predicted molar refractivity (Wildman–Crippen MR) is 82.6 cm³/mol. The van der Waals surface area contributed by atoms with E-state index in [0.29, 0.717) is 6.61 Å². The van der Waals surface area contributed by atoms with E-state index in [1.165, 1.54) is 6.07 Å². The maximum Gasteiger partial charge on any atom is 0.123 e. The second-order valence-electron chi connectivity index (χ2n) is 4.39. The lowest BCUT2D eigenvalue weighted by Gasteiger charge is -2.19. The molecule has 2 rings (SSSR count). The third-order valence-corrected chi connectivity index (χ3v) is 3.80. The molecule has 2 nitrogen and oxygen atoms in total. The van der Waals surface area contributed by atoms with Gasteiger partial charge in [0.05, 0.1) is 12.6 Å². The summed E-state index contributed by atoms with van der Waals surface area (Å²) in [5.41, 5.74) is 1.93. The lowest BCUT2D eigenvalue weighted by molar-refractivity contribution is 0.340. The Morgan fingerprint density at radius 1 is 1.20 bits per heavy atom. The van der Waals surface area contributed by atoms with E-state index in [9.17, 15) is 4.39 Å². The van der Waals surface area contributed by atoms with Gasteiger partial charge in [0.2, 0.25) is 0 Å². The topological polar surface area (TPSA) is 21.3 Å². The van der Waals surface area contributed by atoms with Crippen LogP contribution in [0.25, 0.3) is 0 Å². The Morgan fingerprint density at radius 2 is 1.90 bits per heavy atom. The molecule has 0 heterocycles. The second-order valence-corrected chi connectivity index (χ2v) is 5.24. The van der Waals surface area contributed by atoms with Crippen LogP contribution in [0.1, 0.15) is 24.1 Å². The van der Waals surface area contributed by atoms with Gasteiger partial charge >= 0.3 is 0 Å². The Bertz CT molecular complexity index is 571. The second kappa shape index (κ2) is 6.86. The molecule has 106 valence electrons. The van der Waals surface area contributed by atoms with Gasteiger partial charge in [-0.15, -0.1) is 0 Å². The van der Waals surface area contributed by atoms with Gasteiger partial charge in [0, 0.05) is 4.47 Å². The molecule has 1 N–H and O–H groups in total. The summed E-state index contributed by atoms with van der Waals surface area (Å²) in [6.45, 7) is 2.60. The van der Waals surface area contributed by atoms with E-state index >= 15 is 0 Å². The van der Waals surface area contributed by atoms with Crippen LogP contribution < -0.4 is 10.1 Å². The van der Waals surface area contributed by atoms with Gasteiger partial charge in [-0.1, -0.05) is 28.1 Å². The van der Waals surface area contributed by atoms with E-state index in [1.54, 1.807) is 12.1 Å². The van der Waals surface area contributed by atoms with Gasteiger partial charge < -0.3 is 10.1 Å². The summed E-state index contributed by atoms with van der Waals surface area (Å²) in [7, 11) is 1.86. The lowest BCUT2D eigenvalue weighted by Crippen LogP contribution is -2.18. The van der Waals surface area contributed by atoms with Crippen LogP contribution in [-0.2, 0) is 0 Å². The summed E-state index contributed by atoms with van der Waals surface area (Å²) in [4.78, 5) is 0. The monoisotopic (exact) mass is 337 g/mol. The molecule has 2 aromatic carbocycles. The highest BCUT2D eigenvalue weighted by molar-refractivity contribution is 9.10. The molecule has 0 aromatic heterocycles. The van der Waals surface area contributed by atoms with E-state index in [1.807, 2.05) is 38.2 Å². The Labute approximate surface area is 127 Å². The number of nitrogens with one attached hydrogen (secondary N) is 1. The zero-order valence-corrected chi connectivity index (χ0v) is 13.1. The fourth-order valence-electron chi connectivity index (χ4n) is 2.16. The summed E-state index contributed by atoms with van der Waals surface area (Å²) >= 11 is 3.48. The minimum absolute atomic E-state index is 0.0734. The van der Waals surface area contributed by atoms with Gasteiger partial charge in [-0.3, -0.25) is 0 Å². The van der Waals surface area contributed by atoms with Crippen LogP contribution in [0.4, 0.5) is 4.39 Å². The van der Waals surface area contributed by atoms with Crippen LogP contribution in [0.2, 0.25) is 0 Å². The van der Waals surface area contributed by atoms with Gasteiger partial charge in [0.25, 0.3) is 0 Å². The molecule has 4 heteroatoms. The summed E-state index contributed by atoms with van der Waals surface area (Å²) in [6.07, 6.45) is 0. The van der Waals surface area contributed by atoms with Gasteiger partial charge in [-0.05, 0) is 55.4 Å². The standard InChI is InChI=1S/C16H17BrFNO/c1-3-20-13-7-4-11(5-8-13)16(19-2)14-10-12(18)6-9-15(14)17/h4-10,16,19H,3H2,1-2H3. The minimum Gasteiger partial charge on any atom is -0.494 e. The first-order valence-electron chi connectivity index (χ1n) is 6.50. The van der Waals surface area contributed by atoms with Crippen LogP contribution in [0.15, 0.2) is 46.9 Å². The predicted octanol–water partition coefficient (Wildman–Crippen LogP) is 4.30. The SMILES string of the molecule is CCOc1ccc(C(NC)c2cc(F)ccc2Br)cc1. The molecular formula is C16H17BrFNO. The molecule has 0 bridgehead atoms. The van der Waals surface area contributed by atoms with Gasteiger partial charge in [0.1, 0.15) is 11.6 Å². The molecule has 2 aromatic rings. The molecule has 20 heavy (non-hydrogen) atoms. The summed E-state index contributed by atoms with van der Waals surface area (Å²) in [5, 5.41) is 3.22. The van der Waals surface area contributed by atoms with Crippen molar-refractivity contribution in [2.24, 2.45) is 0 Å². The Kier molecular flexibility index (Phi) is 5.15. The highest BCUT2D eigenvalue weighted by Crippen LogP contribution is 2.30. The van der Waals surface area contributed by atoms with E-state index in [4.69, 9.17) is 4.74 Å². The summed E-state index contributed by atoms with van der Waals surface area (Å²) < 4.78 is 19.8. The van der Waals surface area contributed by atoms with Crippen LogP contribution in [0.3, 0.4) is 0 Å². The fourth-order valence-corrected chi connectivity index (χ4v) is 2.64. The average Bonchev–Trinajstić information content (AvgIpc) is 2.45. The molecule has 0 fully saturated rings. The van der Waals surface area contributed by atoms with Crippen molar-refractivity contribution in [2.45, 2.75) is 13.0 Å². The zero-order chi connectivity index (χ0) is 14.5. The van der Waals surface area contributed by atoms with Gasteiger partial charge in [-0.25, -0.2) is 4.39 Å². The number of rotatable bonds is 5. The average molecular weight is 338 g/mol. The third-order valence-electron chi connectivity index (χ3n) is 3.08. The minimum atomic E-state index is -0.241. The molecule has 1 unspecified atom stereocenters. The van der Waals surface area contributed by atoms with E-state index in [2.05, 4.69) is 21.2 Å². The first-order valence-corrected chi connectivity index (χ1v) is 7.30. The van der Waals surface area contributed by atoms with Crippen LogP contribution in [-0.4, -0.2) is 13.7 Å². The first kappa shape index (κ1) is 15.0. The van der Waals surface area contributed by atoms with E-state index < -0.39 is 0 Å². The highest BCUT2D eigenvalue weighted by Gasteiger charge is 2.15. The van der Waals surface area contributed by atoms with Gasteiger partial charge in [-0.2, -0.15) is 0 Å². The quantitative estimate of drug-likeness (QED) is 0.878. The Hall–Kier alpha value is -1.39. The normalized spacial score (nSPS) is 12.2. The van der Waals surface area contributed by atoms with Crippen molar-refractivity contribution in [3.05, 3.63) is 63.9 Å². The largest absolute Gasteiger partial charge is 0.494 e. The molecule has 0 radical (unpaired) electrons. The molecule has 0 aliphatic carbocycles. The molecule has 0 spiro atoms. The number of ether oxygens (including phenoxy) is 1. The molecule has 1 atom stereocenters. The summed E-state index contributed by atoms with van der Waals surface area (Å²) in [5.74, 6) is 0.596. The molecule has 0 saturated carbocycles. The van der Waals surface area contributed by atoms with Crippen molar-refractivity contribution < 1.29 is 9.13 Å². The molecular weight excluding hydrogens is 321 g/mol. The smallest absolute Gasteiger partial charge is 0.123 e. The molecule has 0 aliphatic rings. The van der Waals surface area contributed by atoms with E-state index in [0.717, 1.165) is 21.3 Å². The molecule has 0 aliphatic heterocycles. The fraction of sp³-hybridized carbons (Fsp3) is 0.250. The maximum absolute atomic E-state index is 13.5. The third kappa shape index (κ3) is 3.38. The highest BCUT2D eigenvalue weighted by atomic mass is 79.9. The molecule has 0 amide bonds. The lowest BCUT2D eigenvalue weighted by atomic mass is 9.98. The Morgan fingerprint density at radius 3 is 2.50 bits per heavy atom. The Balaban J connectivity index is 2.34.